The van der Waals surface area contributed by atoms with Crippen LogP contribution in [0.1, 0.15) is 40.8 Å². The zero-order valence-electron chi connectivity index (χ0n) is 18.7. The highest BCUT2D eigenvalue weighted by atomic mass is 19.1. The van der Waals surface area contributed by atoms with E-state index in [-0.39, 0.29) is 18.8 Å². The van der Waals surface area contributed by atoms with Gasteiger partial charge in [-0.2, -0.15) is 0 Å². The summed E-state index contributed by atoms with van der Waals surface area (Å²) in [4.78, 5) is 41.3. The maximum atomic E-state index is 13.1. The summed E-state index contributed by atoms with van der Waals surface area (Å²) in [5, 5.41) is 24.7. The minimum absolute atomic E-state index is 0.00340. The van der Waals surface area contributed by atoms with Gasteiger partial charge in [-0.3, -0.25) is 14.2 Å². The first-order valence-corrected chi connectivity index (χ1v) is 10.5. The highest BCUT2D eigenvalue weighted by molar-refractivity contribution is 5.94. The van der Waals surface area contributed by atoms with E-state index in [4.69, 9.17) is 0 Å². The van der Waals surface area contributed by atoms with Crippen LogP contribution in [-0.4, -0.2) is 31.8 Å². The second kappa shape index (κ2) is 10.2. The number of aryl methyl sites for hydroxylation is 1. The molecule has 1 unspecified atom stereocenters. The Labute approximate surface area is 194 Å². The number of carbonyl (C=O) groups is 2. The molecule has 0 radical (unpaired) electrons. The fourth-order valence-corrected chi connectivity index (χ4v) is 3.62. The Bertz CT molecular complexity index is 1240. The van der Waals surface area contributed by atoms with E-state index in [0.717, 1.165) is 10.1 Å². The number of carbonyl (C=O) groups excluding carboxylic acids is 1. The Kier molecular flexibility index (Phi) is 7.30. The van der Waals surface area contributed by atoms with Gasteiger partial charge in [0.05, 0.1) is 5.54 Å². The molecule has 0 fully saturated rings. The molecule has 0 aliphatic rings. The predicted octanol–water partition coefficient (Wildman–Crippen LogP) is 2.67. The third kappa shape index (κ3) is 5.58. The molecule has 0 bridgehead atoms. The lowest BCUT2D eigenvalue weighted by molar-refractivity contribution is 0.0941. The topological polar surface area (TPSA) is 134 Å². The van der Waals surface area contributed by atoms with Gasteiger partial charge >= 0.3 is 6.09 Å². The van der Waals surface area contributed by atoms with Crippen molar-refractivity contribution in [1.29, 1.82) is 0 Å². The normalized spacial score (nSPS) is 12.6. The Morgan fingerprint density at radius 1 is 1.09 bits per heavy atom. The molecule has 0 aliphatic carbocycles. The lowest BCUT2D eigenvalue weighted by Crippen LogP contribution is -2.47. The largest absolute Gasteiger partial charge is 0.501 e. The second-order valence-electron chi connectivity index (χ2n) is 8.05. The van der Waals surface area contributed by atoms with E-state index in [1.807, 2.05) is 30.3 Å². The molecule has 10 heteroatoms. The molecule has 178 valence electrons. The van der Waals surface area contributed by atoms with Gasteiger partial charge in [0.15, 0.2) is 5.69 Å². The van der Waals surface area contributed by atoms with E-state index < -0.39 is 40.4 Å². The molecular weight excluding hydrogens is 443 g/mol. The zero-order valence-corrected chi connectivity index (χ0v) is 18.7. The number of nitrogens with one attached hydrogen (secondary N) is 2. The molecule has 3 aromatic rings. The number of benzene rings is 2. The molecule has 2 aromatic carbocycles. The van der Waals surface area contributed by atoms with Crippen LogP contribution in [0.5, 0.6) is 5.75 Å². The van der Waals surface area contributed by atoms with Crippen LogP contribution < -0.4 is 16.2 Å². The van der Waals surface area contributed by atoms with E-state index in [1.165, 1.54) is 31.3 Å². The molecule has 1 atom stereocenters. The minimum Gasteiger partial charge on any atom is -0.501 e. The Morgan fingerprint density at radius 3 is 2.35 bits per heavy atom. The minimum atomic E-state index is -1.35. The summed E-state index contributed by atoms with van der Waals surface area (Å²) >= 11 is 0. The first-order valence-electron chi connectivity index (χ1n) is 10.5. The number of halogens is 1. The number of hydrogen-bond donors (Lipinski definition) is 4. The third-order valence-corrected chi connectivity index (χ3v) is 5.48. The van der Waals surface area contributed by atoms with Crippen molar-refractivity contribution in [3.8, 4) is 5.75 Å². The molecule has 2 amide bonds. The molecule has 1 heterocycles. The first-order chi connectivity index (χ1) is 16.1. The highest BCUT2D eigenvalue weighted by Gasteiger charge is 2.35. The van der Waals surface area contributed by atoms with Crippen LogP contribution in [0, 0.1) is 5.82 Å². The fourth-order valence-electron chi connectivity index (χ4n) is 3.62. The molecule has 9 nitrogen and oxygen atoms in total. The van der Waals surface area contributed by atoms with E-state index in [1.54, 1.807) is 6.92 Å². The molecule has 34 heavy (non-hydrogen) atoms. The van der Waals surface area contributed by atoms with E-state index in [2.05, 4.69) is 15.6 Å². The molecule has 1 aromatic heterocycles. The summed E-state index contributed by atoms with van der Waals surface area (Å²) in [7, 11) is 1.34. The first kappa shape index (κ1) is 24.4. The molecule has 4 N–H and O–H groups in total. The SMILES string of the molecule is Cn1c(C(C)(CCc2ccccc2)NC(=O)O)nc(C(=O)NCc2ccc(F)cc2)c(O)c1=O. The monoisotopic (exact) mass is 468 g/mol. The summed E-state index contributed by atoms with van der Waals surface area (Å²) in [6.07, 6.45) is -0.647. The van der Waals surface area contributed by atoms with E-state index >= 15 is 0 Å². The van der Waals surface area contributed by atoms with Gasteiger partial charge in [0.25, 0.3) is 11.5 Å². The average molecular weight is 468 g/mol. The number of hydrogen-bond acceptors (Lipinski definition) is 5. The van der Waals surface area contributed by atoms with Crippen molar-refractivity contribution in [2.24, 2.45) is 7.05 Å². The third-order valence-electron chi connectivity index (χ3n) is 5.48. The van der Waals surface area contributed by atoms with Crippen molar-refractivity contribution in [3.63, 3.8) is 0 Å². The molecule has 3 rings (SSSR count). The van der Waals surface area contributed by atoms with Gasteiger partial charge in [0.2, 0.25) is 5.75 Å². The lowest BCUT2D eigenvalue weighted by Gasteiger charge is -2.31. The van der Waals surface area contributed by atoms with Gasteiger partial charge in [0, 0.05) is 13.6 Å². The van der Waals surface area contributed by atoms with Crippen molar-refractivity contribution in [2.45, 2.75) is 31.8 Å². The highest BCUT2D eigenvalue weighted by Crippen LogP contribution is 2.26. The van der Waals surface area contributed by atoms with Gasteiger partial charge in [-0.25, -0.2) is 14.2 Å². The van der Waals surface area contributed by atoms with Gasteiger partial charge in [-0.05, 0) is 43.0 Å². The number of amides is 2. The number of rotatable bonds is 8. The summed E-state index contributed by atoms with van der Waals surface area (Å²) in [5.41, 5.74) is -1.23. The van der Waals surface area contributed by atoms with Crippen molar-refractivity contribution in [3.05, 3.63) is 93.4 Å². The standard InChI is InChI=1S/C24H25FN4O5/c1-24(28-23(33)34,13-12-15-6-4-3-5-7-15)22-27-18(19(30)21(32)29(22)2)20(31)26-14-16-8-10-17(25)11-9-16/h3-11,28,30H,12-14H2,1-2H3,(H,26,31)(H,33,34). The van der Waals surface area contributed by atoms with Crippen molar-refractivity contribution in [2.75, 3.05) is 0 Å². The molecule has 0 spiro atoms. The lowest BCUT2D eigenvalue weighted by atomic mass is 9.91. The number of carboxylic acid groups (broad SMARTS) is 1. The average Bonchev–Trinajstić information content (AvgIpc) is 2.81. The fraction of sp³-hybridized carbons (Fsp3) is 0.250. The summed E-state index contributed by atoms with van der Waals surface area (Å²) < 4.78 is 14.1. The van der Waals surface area contributed by atoms with Crippen molar-refractivity contribution >= 4 is 12.0 Å². The smallest absolute Gasteiger partial charge is 0.405 e. The molecule has 0 saturated heterocycles. The quantitative estimate of drug-likeness (QED) is 0.402. The number of aromatic hydroxyl groups is 1. The Morgan fingerprint density at radius 2 is 1.74 bits per heavy atom. The van der Waals surface area contributed by atoms with Gasteiger partial charge in [0.1, 0.15) is 11.6 Å². The maximum absolute atomic E-state index is 13.1. The van der Waals surface area contributed by atoms with Crippen LogP contribution in [0.15, 0.2) is 59.4 Å². The number of nitrogens with zero attached hydrogens (tertiary/aromatic N) is 2. The van der Waals surface area contributed by atoms with Crippen LogP contribution in [0.2, 0.25) is 0 Å². The van der Waals surface area contributed by atoms with E-state index in [9.17, 15) is 29.0 Å². The van der Waals surface area contributed by atoms with Gasteiger partial charge in [-0.1, -0.05) is 42.5 Å². The molecule has 0 aliphatic heterocycles. The molecule has 0 saturated carbocycles. The maximum Gasteiger partial charge on any atom is 0.405 e. The van der Waals surface area contributed by atoms with Crippen molar-refractivity contribution in [1.82, 2.24) is 20.2 Å². The van der Waals surface area contributed by atoms with Crippen LogP contribution in [-0.2, 0) is 25.6 Å². The van der Waals surface area contributed by atoms with Crippen LogP contribution in [0.25, 0.3) is 0 Å². The second-order valence-corrected chi connectivity index (χ2v) is 8.05. The summed E-state index contributed by atoms with van der Waals surface area (Å²) in [6, 6.07) is 14.8. The van der Waals surface area contributed by atoms with E-state index in [0.29, 0.717) is 12.0 Å². The predicted molar refractivity (Wildman–Crippen MR) is 122 cm³/mol. The number of aromatic nitrogens is 2. The van der Waals surface area contributed by atoms with Crippen LogP contribution in [0.3, 0.4) is 0 Å². The van der Waals surface area contributed by atoms with Gasteiger partial charge in [-0.15, -0.1) is 0 Å². The van der Waals surface area contributed by atoms with Gasteiger partial charge < -0.3 is 20.8 Å². The molecular formula is C24H25FN4O5. The Hall–Kier alpha value is -4.21. The summed E-state index contributed by atoms with van der Waals surface area (Å²) in [5.74, 6) is -2.14. The van der Waals surface area contributed by atoms with Crippen LogP contribution >= 0.6 is 0 Å². The Balaban J connectivity index is 1.94. The van der Waals surface area contributed by atoms with Crippen LogP contribution in [0.4, 0.5) is 9.18 Å². The zero-order chi connectivity index (χ0) is 24.9. The summed E-state index contributed by atoms with van der Waals surface area (Å²) in [6.45, 7) is 1.56. The van der Waals surface area contributed by atoms with Crippen molar-refractivity contribution < 1.29 is 24.2 Å².